The maximum atomic E-state index is 4.60. The van der Waals surface area contributed by atoms with E-state index in [1.165, 1.54) is 12.8 Å². The third-order valence-corrected chi connectivity index (χ3v) is 3.65. The fourth-order valence-electron chi connectivity index (χ4n) is 2.64. The van der Waals surface area contributed by atoms with Gasteiger partial charge in [0.15, 0.2) is 0 Å². The van der Waals surface area contributed by atoms with Crippen molar-refractivity contribution in [3.8, 4) is 0 Å². The lowest BCUT2D eigenvalue weighted by atomic mass is 9.82. The van der Waals surface area contributed by atoms with Gasteiger partial charge in [-0.1, -0.05) is 19.1 Å². The van der Waals surface area contributed by atoms with Gasteiger partial charge >= 0.3 is 0 Å². The summed E-state index contributed by atoms with van der Waals surface area (Å²) in [6.45, 7) is 5.18. The molecular weight excluding hydrogens is 236 g/mol. The molecule has 1 aromatic heterocycles. The normalized spacial score (nSPS) is 22.0. The molecule has 2 aromatic rings. The smallest absolute Gasteiger partial charge is 0.225 e. The molecule has 4 nitrogen and oxygen atoms in total. The summed E-state index contributed by atoms with van der Waals surface area (Å²) in [6, 6.07) is 8.72. The number of aromatic nitrogens is 2. The Kier molecular flexibility index (Phi) is 3.23. The molecular formula is C15H20N4. The Balaban J connectivity index is 1.95. The average molecular weight is 256 g/mol. The number of nitrogens with zero attached hydrogens (tertiary/aromatic N) is 2. The molecule has 1 heterocycles. The van der Waals surface area contributed by atoms with E-state index >= 15 is 0 Å². The summed E-state index contributed by atoms with van der Waals surface area (Å²) in [4.78, 5) is 9.13. The van der Waals surface area contributed by atoms with Crippen LogP contribution in [0.1, 0.15) is 26.7 Å². The molecule has 1 saturated carbocycles. The molecule has 0 aliphatic heterocycles. The van der Waals surface area contributed by atoms with Crippen LogP contribution in [0.5, 0.6) is 0 Å². The molecule has 2 N–H and O–H groups in total. The van der Waals surface area contributed by atoms with Crippen molar-refractivity contribution in [1.82, 2.24) is 9.97 Å². The Morgan fingerprint density at radius 1 is 1.21 bits per heavy atom. The lowest BCUT2D eigenvalue weighted by Gasteiger charge is -2.34. The number of rotatable bonds is 4. The predicted molar refractivity (Wildman–Crippen MR) is 79.5 cm³/mol. The van der Waals surface area contributed by atoms with Crippen molar-refractivity contribution in [3.05, 3.63) is 24.3 Å². The summed E-state index contributed by atoms with van der Waals surface area (Å²) < 4.78 is 0. The summed E-state index contributed by atoms with van der Waals surface area (Å²) in [5.74, 6) is 2.49. The van der Waals surface area contributed by atoms with Crippen LogP contribution in [0.25, 0.3) is 10.9 Å². The molecule has 1 aliphatic rings. The van der Waals surface area contributed by atoms with E-state index in [2.05, 4.69) is 40.5 Å². The summed E-state index contributed by atoms with van der Waals surface area (Å²) in [6.07, 6.45) is 2.46. The fraction of sp³-hybridized carbons (Fsp3) is 0.467. The number of para-hydroxylation sites is 1. The molecule has 0 bridgehead atoms. The van der Waals surface area contributed by atoms with Crippen LogP contribution in [0.3, 0.4) is 0 Å². The molecule has 0 saturated heterocycles. The van der Waals surface area contributed by atoms with Gasteiger partial charge < -0.3 is 10.6 Å². The second kappa shape index (κ2) is 5.03. The third-order valence-electron chi connectivity index (χ3n) is 3.65. The first-order valence-electron chi connectivity index (χ1n) is 7.03. The van der Waals surface area contributed by atoms with E-state index in [-0.39, 0.29) is 0 Å². The minimum Gasteiger partial charge on any atom is -0.367 e. The number of nitrogens with one attached hydrogen (secondary N) is 2. The van der Waals surface area contributed by atoms with E-state index in [1.54, 1.807) is 0 Å². The summed E-state index contributed by atoms with van der Waals surface area (Å²) in [7, 11) is 0. The Morgan fingerprint density at radius 3 is 2.74 bits per heavy atom. The van der Waals surface area contributed by atoms with Gasteiger partial charge in [-0.05, 0) is 37.8 Å². The van der Waals surface area contributed by atoms with E-state index in [0.717, 1.165) is 29.2 Å². The van der Waals surface area contributed by atoms with Gasteiger partial charge in [0.2, 0.25) is 5.95 Å². The van der Waals surface area contributed by atoms with Crippen LogP contribution < -0.4 is 10.6 Å². The first kappa shape index (κ1) is 12.2. The lowest BCUT2D eigenvalue weighted by molar-refractivity contribution is 0.309. The van der Waals surface area contributed by atoms with E-state index in [9.17, 15) is 0 Å². The molecule has 0 amide bonds. The van der Waals surface area contributed by atoms with Crippen molar-refractivity contribution in [3.63, 3.8) is 0 Å². The van der Waals surface area contributed by atoms with Crippen LogP contribution in [0.2, 0.25) is 0 Å². The van der Waals surface area contributed by atoms with Crippen LogP contribution in [-0.4, -0.2) is 22.6 Å². The Hall–Kier alpha value is -1.84. The first-order valence-corrected chi connectivity index (χ1v) is 7.03. The quantitative estimate of drug-likeness (QED) is 0.881. The van der Waals surface area contributed by atoms with E-state index in [0.29, 0.717) is 12.0 Å². The third kappa shape index (κ3) is 2.48. The second-order valence-electron chi connectivity index (χ2n) is 5.36. The van der Waals surface area contributed by atoms with Crippen molar-refractivity contribution < 1.29 is 0 Å². The summed E-state index contributed by atoms with van der Waals surface area (Å²) in [5.41, 5.74) is 0.989. The highest BCUT2D eigenvalue weighted by Gasteiger charge is 2.26. The van der Waals surface area contributed by atoms with Gasteiger partial charge in [-0.25, -0.2) is 4.98 Å². The first-order chi connectivity index (χ1) is 9.26. The Bertz CT molecular complexity index is 575. The number of benzene rings is 1. The fourth-order valence-corrected chi connectivity index (χ4v) is 2.64. The molecule has 4 heteroatoms. The zero-order valence-electron chi connectivity index (χ0n) is 11.5. The minimum atomic E-state index is 0.558. The van der Waals surface area contributed by atoms with E-state index in [1.807, 2.05) is 18.2 Å². The Morgan fingerprint density at radius 2 is 2.00 bits per heavy atom. The molecule has 0 unspecified atom stereocenters. The summed E-state index contributed by atoms with van der Waals surface area (Å²) >= 11 is 0. The van der Waals surface area contributed by atoms with Crippen molar-refractivity contribution in [2.75, 3.05) is 17.2 Å². The van der Waals surface area contributed by atoms with Crippen LogP contribution in [-0.2, 0) is 0 Å². The summed E-state index contributed by atoms with van der Waals surface area (Å²) in [5, 5.41) is 7.86. The number of hydrogen-bond donors (Lipinski definition) is 2. The number of fused-ring (bicyclic) bond motifs is 1. The van der Waals surface area contributed by atoms with Gasteiger partial charge in [0.25, 0.3) is 0 Å². The van der Waals surface area contributed by atoms with Crippen molar-refractivity contribution in [1.29, 1.82) is 0 Å². The topological polar surface area (TPSA) is 49.8 Å². The molecule has 0 spiro atoms. The van der Waals surface area contributed by atoms with Gasteiger partial charge in [0.1, 0.15) is 5.82 Å². The molecule has 1 aromatic carbocycles. The van der Waals surface area contributed by atoms with Gasteiger partial charge in [-0.2, -0.15) is 4.98 Å². The highest BCUT2D eigenvalue weighted by atomic mass is 15.1. The maximum Gasteiger partial charge on any atom is 0.225 e. The van der Waals surface area contributed by atoms with Crippen molar-refractivity contribution >= 4 is 22.7 Å². The molecule has 0 radical (unpaired) electrons. The second-order valence-corrected chi connectivity index (χ2v) is 5.36. The standard InChI is InChI=1S/C15H20N4/c1-3-16-15-18-13-7-5-4-6-12(13)14(19-15)17-11-8-10(2)9-11/h4-7,10-11H,3,8-9H2,1-2H3,(H2,16,17,18,19). The SMILES string of the molecule is CCNc1nc(NC2CC(C)C2)c2ccccc2n1. The van der Waals surface area contributed by atoms with Gasteiger partial charge in [-0.15, -0.1) is 0 Å². The molecule has 0 atom stereocenters. The monoisotopic (exact) mass is 256 g/mol. The molecule has 1 fully saturated rings. The minimum absolute atomic E-state index is 0.558. The van der Waals surface area contributed by atoms with Crippen molar-refractivity contribution in [2.24, 2.45) is 5.92 Å². The van der Waals surface area contributed by atoms with Crippen LogP contribution in [0, 0.1) is 5.92 Å². The van der Waals surface area contributed by atoms with Crippen LogP contribution in [0.4, 0.5) is 11.8 Å². The zero-order chi connectivity index (χ0) is 13.2. The molecule has 3 rings (SSSR count). The Labute approximate surface area is 113 Å². The van der Waals surface area contributed by atoms with Crippen LogP contribution >= 0.6 is 0 Å². The highest BCUT2D eigenvalue weighted by molar-refractivity contribution is 5.90. The molecule has 19 heavy (non-hydrogen) atoms. The lowest BCUT2D eigenvalue weighted by Crippen LogP contribution is -2.34. The molecule has 100 valence electrons. The van der Waals surface area contributed by atoms with Gasteiger partial charge in [0, 0.05) is 18.0 Å². The van der Waals surface area contributed by atoms with E-state index < -0.39 is 0 Å². The number of anilines is 2. The predicted octanol–water partition coefficient (Wildman–Crippen LogP) is 3.27. The maximum absolute atomic E-state index is 4.60. The van der Waals surface area contributed by atoms with E-state index in [4.69, 9.17) is 0 Å². The van der Waals surface area contributed by atoms with Crippen molar-refractivity contribution in [2.45, 2.75) is 32.7 Å². The van der Waals surface area contributed by atoms with Gasteiger partial charge in [-0.3, -0.25) is 0 Å². The van der Waals surface area contributed by atoms with Crippen LogP contribution in [0.15, 0.2) is 24.3 Å². The zero-order valence-corrected chi connectivity index (χ0v) is 11.5. The number of hydrogen-bond acceptors (Lipinski definition) is 4. The average Bonchev–Trinajstić information content (AvgIpc) is 2.37. The highest BCUT2D eigenvalue weighted by Crippen LogP contribution is 2.31. The largest absolute Gasteiger partial charge is 0.367 e. The molecule has 1 aliphatic carbocycles. The van der Waals surface area contributed by atoms with Gasteiger partial charge in [0.05, 0.1) is 5.52 Å².